The van der Waals surface area contributed by atoms with Crippen LogP contribution >= 0.6 is 11.8 Å². The second-order valence-corrected chi connectivity index (χ2v) is 6.89. The average molecular weight is 300 g/mol. The molecule has 1 aliphatic heterocycles. The third-order valence-corrected chi connectivity index (χ3v) is 4.89. The van der Waals surface area contributed by atoms with Crippen LogP contribution in [0.4, 0.5) is 8.78 Å². The van der Waals surface area contributed by atoms with Crippen LogP contribution in [0.5, 0.6) is 0 Å². The van der Waals surface area contributed by atoms with E-state index in [1.165, 1.54) is 0 Å². The summed E-state index contributed by atoms with van der Waals surface area (Å²) in [5.41, 5.74) is -0.0483. The molecule has 1 aromatic carbocycles. The summed E-state index contributed by atoms with van der Waals surface area (Å²) < 4.78 is 36.7. The van der Waals surface area contributed by atoms with E-state index in [0.29, 0.717) is 0 Å². The Hall–Kier alpha value is -0.585. The van der Waals surface area contributed by atoms with Gasteiger partial charge in [-0.1, -0.05) is 18.2 Å². The molecule has 2 nitrogen and oxygen atoms in total. The average Bonchev–Trinajstić information content (AvgIpc) is 2.56. The van der Waals surface area contributed by atoms with Gasteiger partial charge in [-0.2, -0.15) is 0 Å². The Bertz CT molecular complexity index is 464. The van der Waals surface area contributed by atoms with E-state index in [2.05, 4.69) is 0 Å². The zero-order valence-electron chi connectivity index (χ0n) is 12.2. The maximum absolute atomic E-state index is 12.4. The first-order chi connectivity index (χ1) is 9.23. The molecule has 1 heterocycles. The van der Waals surface area contributed by atoms with E-state index in [9.17, 15) is 8.78 Å². The van der Waals surface area contributed by atoms with Crippen LogP contribution in [0.2, 0.25) is 0 Å². The maximum Gasteiger partial charge on any atom is 0.495 e. The van der Waals surface area contributed by atoms with Crippen molar-refractivity contribution in [1.82, 2.24) is 0 Å². The molecule has 6 heteroatoms. The minimum absolute atomic E-state index is 0.226. The quantitative estimate of drug-likeness (QED) is 0.627. The van der Waals surface area contributed by atoms with Gasteiger partial charge in [0.2, 0.25) is 6.43 Å². The fourth-order valence-corrected chi connectivity index (χ4v) is 2.74. The molecule has 1 aliphatic rings. The summed E-state index contributed by atoms with van der Waals surface area (Å²) >= 11 is 1.13. The monoisotopic (exact) mass is 300 g/mol. The molecule has 1 fully saturated rings. The van der Waals surface area contributed by atoms with E-state index in [1.807, 2.05) is 52.0 Å². The summed E-state index contributed by atoms with van der Waals surface area (Å²) in [5.74, 6) is -0.226. The number of thioether (sulfide) groups is 1. The number of halogens is 2. The predicted octanol–water partition coefficient (Wildman–Crippen LogP) is 3.34. The minimum Gasteiger partial charge on any atom is -0.399 e. The van der Waals surface area contributed by atoms with Crippen LogP contribution in [-0.2, 0) is 9.31 Å². The normalized spacial score (nSPS) is 20.6. The van der Waals surface area contributed by atoms with Gasteiger partial charge in [-0.3, -0.25) is 0 Å². The molecule has 0 amide bonds. The van der Waals surface area contributed by atoms with Crippen LogP contribution in [0.25, 0.3) is 0 Å². The molecule has 0 bridgehead atoms. The SMILES string of the molecule is CC1(C)OB(c2ccccc2SCC(F)F)OC1(C)C. The van der Waals surface area contributed by atoms with Crippen LogP contribution < -0.4 is 5.46 Å². The van der Waals surface area contributed by atoms with Gasteiger partial charge in [0, 0.05) is 4.90 Å². The van der Waals surface area contributed by atoms with Crippen molar-refractivity contribution < 1.29 is 18.1 Å². The van der Waals surface area contributed by atoms with Crippen molar-refractivity contribution in [3.05, 3.63) is 24.3 Å². The van der Waals surface area contributed by atoms with E-state index in [4.69, 9.17) is 9.31 Å². The lowest BCUT2D eigenvalue weighted by Crippen LogP contribution is -2.41. The second-order valence-electron chi connectivity index (χ2n) is 5.83. The van der Waals surface area contributed by atoms with E-state index in [1.54, 1.807) is 0 Å². The summed E-state index contributed by atoms with van der Waals surface area (Å²) in [6.45, 7) is 7.90. The first-order valence-corrected chi connectivity index (χ1v) is 7.57. The van der Waals surface area contributed by atoms with Crippen LogP contribution in [0.15, 0.2) is 29.2 Å². The van der Waals surface area contributed by atoms with Crippen LogP contribution in [0.3, 0.4) is 0 Å². The number of rotatable bonds is 4. The first-order valence-electron chi connectivity index (χ1n) is 6.58. The number of hydrogen-bond acceptors (Lipinski definition) is 3. The van der Waals surface area contributed by atoms with Gasteiger partial charge in [-0.05, 0) is 39.2 Å². The Labute approximate surface area is 123 Å². The Morgan fingerprint density at radius 2 is 1.65 bits per heavy atom. The molecule has 0 spiro atoms. The predicted molar refractivity (Wildman–Crippen MR) is 78.9 cm³/mol. The molecule has 110 valence electrons. The van der Waals surface area contributed by atoms with Crippen LogP contribution in [0.1, 0.15) is 27.7 Å². The molecule has 0 aliphatic carbocycles. The molecular weight excluding hydrogens is 281 g/mol. The van der Waals surface area contributed by atoms with Gasteiger partial charge in [0.25, 0.3) is 0 Å². The molecule has 0 unspecified atom stereocenters. The zero-order chi connectivity index (χ0) is 15.0. The standard InChI is InChI=1S/C14H19BF2O2S/c1-13(2)14(3,4)19-15(18-13)10-7-5-6-8-11(10)20-9-12(16)17/h5-8,12H,9H2,1-4H3. The van der Waals surface area contributed by atoms with Crippen molar-refractivity contribution in [2.24, 2.45) is 0 Å². The Balaban J connectivity index is 2.22. The maximum atomic E-state index is 12.4. The lowest BCUT2D eigenvalue weighted by molar-refractivity contribution is 0.00578. The molecule has 1 aromatic rings. The molecule has 1 saturated heterocycles. The van der Waals surface area contributed by atoms with Gasteiger partial charge in [0.05, 0.1) is 17.0 Å². The molecule has 0 saturated carbocycles. The van der Waals surface area contributed by atoms with Gasteiger partial charge >= 0.3 is 7.12 Å². The minimum atomic E-state index is -2.33. The summed E-state index contributed by atoms with van der Waals surface area (Å²) in [5, 5.41) is 0. The van der Waals surface area contributed by atoms with Crippen molar-refractivity contribution in [3.8, 4) is 0 Å². The van der Waals surface area contributed by atoms with Gasteiger partial charge < -0.3 is 9.31 Å². The zero-order valence-corrected chi connectivity index (χ0v) is 13.0. The lowest BCUT2D eigenvalue weighted by atomic mass is 9.79. The Kier molecular flexibility index (Phi) is 4.47. The highest BCUT2D eigenvalue weighted by Gasteiger charge is 2.52. The van der Waals surface area contributed by atoms with Gasteiger partial charge in [0.15, 0.2) is 0 Å². The van der Waals surface area contributed by atoms with Crippen molar-refractivity contribution in [2.45, 2.75) is 50.2 Å². The molecule has 0 atom stereocenters. The van der Waals surface area contributed by atoms with Crippen molar-refractivity contribution in [3.63, 3.8) is 0 Å². The summed E-state index contributed by atoms with van der Waals surface area (Å²) in [6, 6.07) is 7.40. The Morgan fingerprint density at radius 3 is 2.20 bits per heavy atom. The molecule has 0 aromatic heterocycles. The summed E-state index contributed by atoms with van der Waals surface area (Å²) in [7, 11) is -0.513. The highest BCUT2D eigenvalue weighted by atomic mass is 32.2. The van der Waals surface area contributed by atoms with Crippen molar-refractivity contribution >= 4 is 24.3 Å². The van der Waals surface area contributed by atoms with E-state index < -0.39 is 24.7 Å². The highest BCUT2D eigenvalue weighted by Crippen LogP contribution is 2.37. The van der Waals surface area contributed by atoms with Crippen molar-refractivity contribution in [2.75, 3.05) is 5.75 Å². The number of benzene rings is 1. The Morgan fingerprint density at radius 1 is 1.10 bits per heavy atom. The number of alkyl halides is 2. The summed E-state index contributed by atoms with van der Waals surface area (Å²) in [6.07, 6.45) is -2.33. The smallest absolute Gasteiger partial charge is 0.399 e. The number of hydrogen-bond donors (Lipinski definition) is 0. The fourth-order valence-electron chi connectivity index (χ4n) is 1.93. The highest BCUT2D eigenvalue weighted by molar-refractivity contribution is 7.99. The summed E-state index contributed by atoms with van der Waals surface area (Å²) in [4.78, 5) is 0.784. The first kappa shape index (κ1) is 15.8. The fraction of sp³-hybridized carbons (Fsp3) is 0.571. The molecule has 2 rings (SSSR count). The van der Waals surface area contributed by atoms with Gasteiger partial charge in [-0.25, -0.2) is 8.78 Å². The van der Waals surface area contributed by atoms with Crippen LogP contribution in [-0.4, -0.2) is 30.5 Å². The molecule has 0 radical (unpaired) electrons. The molecule has 0 N–H and O–H groups in total. The topological polar surface area (TPSA) is 18.5 Å². The van der Waals surface area contributed by atoms with E-state index in [0.717, 1.165) is 22.1 Å². The second kappa shape index (κ2) is 5.66. The van der Waals surface area contributed by atoms with E-state index >= 15 is 0 Å². The third kappa shape index (κ3) is 3.18. The van der Waals surface area contributed by atoms with Crippen LogP contribution in [0, 0.1) is 0 Å². The van der Waals surface area contributed by atoms with Gasteiger partial charge in [0.1, 0.15) is 0 Å². The van der Waals surface area contributed by atoms with Crippen molar-refractivity contribution in [1.29, 1.82) is 0 Å². The largest absolute Gasteiger partial charge is 0.495 e. The van der Waals surface area contributed by atoms with E-state index in [-0.39, 0.29) is 5.75 Å². The lowest BCUT2D eigenvalue weighted by Gasteiger charge is -2.32. The molecule has 20 heavy (non-hydrogen) atoms. The third-order valence-electron chi connectivity index (χ3n) is 3.79. The molecular formula is C14H19BF2O2S. The van der Waals surface area contributed by atoms with Gasteiger partial charge in [-0.15, -0.1) is 11.8 Å².